The van der Waals surface area contributed by atoms with Crippen LogP contribution < -0.4 is 10.5 Å². The van der Waals surface area contributed by atoms with E-state index in [1.807, 2.05) is 12.1 Å². The third kappa shape index (κ3) is 4.65. The molecule has 4 nitrogen and oxygen atoms in total. The summed E-state index contributed by atoms with van der Waals surface area (Å²) in [6, 6.07) is 5.39. The van der Waals surface area contributed by atoms with Crippen LogP contribution in [-0.2, 0) is 0 Å². The van der Waals surface area contributed by atoms with Crippen LogP contribution in [0.3, 0.4) is 0 Å². The maximum Gasteiger partial charge on any atom is 0.213 e. The molecule has 4 heteroatoms. The Hall–Kier alpha value is -1.13. The van der Waals surface area contributed by atoms with Crippen molar-refractivity contribution < 1.29 is 9.84 Å². The fourth-order valence-electron chi connectivity index (χ4n) is 0.583. The maximum atomic E-state index is 8.37. The average Bonchev–Trinajstić information content (AvgIpc) is 2.19. The Labute approximate surface area is 72.0 Å². The van der Waals surface area contributed by atoms with Gasteiger partial charge in [-0.2, -0.15) is 0 Å². The molecule has 1 aromatic heterocycles. The highest BCUT2D eigenvalue weighted by Gasteiger charge is 1.88. The second kappa shape index (κ2) is 7.97. The molecule has 1 aromatic rings. The van der Waals surface area contributed by atoms with Crippen LogP contribution in [0.1, 0.15) is 0 Å². The zero-order valence-electron chi connectivity index (χ0n) is 7.10. The van der Waals surface area contributed by atoms with Crippen molar-refractivity contribution in [1.29, 1.82) is 0 Å². The second-order valence-corrected chi connectivity index (χ2v) is 1.74. The number of aliphatic hydroxyl groups is 1. The topological polar surface area (TPSA) is 68.4 Å². The summed E-state index contributed by atoms with van der Waals surface area (Å²) in [6.07, 6.45) is 1.65. The molecular formula is C8H14N2O2. The van der Waals surface area contributed by atoms with E-state index in [0.29, 0.717) is 12.5 Å². The van der Waals surface area contributed by atoms with Gasteiger partial charge >= 0.3 is 0 Å². The number of nitrogens with two attached hydrogens (primary N) is 1. The Morgan fingerprint density at radius 3 is 2.75 bits per heavy atom. The van der Waals surface area contributed by atoms with Crippen molar-refractivity contribution in [1.82, 2.24) is 4.98 Å². The molecule has 0 unspecified atom stereocenters. The molecule has 0 fully saturated rings. The van der Waals surface area contributed by atoms with E-state index in [9.17, 15) is 0 Å². The number of hydrogen-bond acceptors (Lipinski definition) is 4. The average molecular weight is 170 g/mol. The lowest BCUT2D eigenvalue weighted by molar-refractivity contribution is 0.196. The molecule has 0 radical (unpaired) electrons. The van der Waals surface area contributed by atoms with Crippen LogP contribution in [0.5, 0.6) is 5.88 Å². The van der Waals surface area contributed by atoms with Gasteiger partial charge in [0.25, 0.3) is 0 Å². The minimum Gasteiger partial charge on any atom is -0.475 e. The van der Waals surface area contributed by atoms with Crippen LogP contribution in [-0.4, -0.2) is 30.4 Å². The monoisotopic (exact) mass is 170 g/mol. The van der Waals surface area contributed by atoms with E-state index < -0.39 is 0 Å². The summed E-state index contributed by atoms with van der Waals surface area (Å²) in [6.45, 7) is 0.327. The first kappa shape index (κ1) is 10.9. The van der Waals surface area contributed by atoms with Crippen molar-refractivity contribution in [2.45, 2.75) is 0 Å². The molecular weight excluding hydrogens is 156 g/mol. The number of hydrogen-bond donors (Lipinski definition) is 2. The number of ether oxygens (including phenoxy) is 1. The van der Waals surface area contributed by atoms with Crippen LogP contribution in [0, 0.1) is 0 Å². The molecule has 0 aromatic carbocycles. The highest BCUT2D eigenvalue weighted by molar-refractivity contribution is 5.08. The van der Waals surface area contributed by atoms with Gasteiger partial charge in [-0.25, -0.2) is 4.98 Å². The lowest BCUT2D eigenvalue weighted by atomic mass is 10.5. The van der Waals surface area contributed by atoms with Gasteiger partial charge in [-0.15, -0.1) is 0 Å². The first-order chi connectivity index (χ1) is 5.93. The molecule has 0 amide bonds. The Morgan fingerprint density at radius 1 is 1.50 bits per heavy atom. The van der Waals surface area contributed by atoms with Crippen molar-refractivity contribution in [3.05, 3.63) is 24.4 Å². The van der Waals surface area contributed by atoms with Crippen molar-refractivity contribution in [3.63, 3.8) is 0 Å². The molecule has 0 aliphatic rings. The molecule has 1 rings (SSSR count). The number of aromatic nitrogens is 1. The molecule has 0 spiro atoms. The van der Waals surface area contributed by atoms with E-state index in [1.165, 1.54) is 7.05 Å². The minimum atomic E-state index is 0.0244. The number of aliphatic hydroxyl groups excluding tert-OH is 1. The van der Waals surface area contributed by atoms with Gasteiger partial charge in [0, 0.05) is 12.3 Å². The first-order valence-electron chi connectivity index (χ1n) is 3.66. The molecule has 1 heterocycles. The van der Waals surface area contributed by atoms with Crippen molar-refractivity contribution in [3.8, 4) is 5.88 Å². The van der Waals surface area contributed by atoms with E-state index in [-0.39, 0.29) is 6.61 Å². The highest BCUT2D eigenvalue weighted by Crippen LogP contribution is 2.01. The third-order valence-corrected chi connectivity index (χ3v) is 0.979. The molecule has 0 saturated heterocycles. The van der Waals surface area contributed by atoms with Crippen LogP contribution in [0.2, 0.25) is 0 Å². The highest BCUT2D eigenvalue weighted by atomic mass is 16.5. The van der Waals surface area contributed by atoms with Crippen LogP contribution in [0.25, 0.3) is 0 Å². The zero-order valence-corrected chi connectivity index (χ0v) is 7.10. The molecule has 0 saturated carbocycles. The van der Waals surface area contributed by atoms with E-state index in [2.05, 4.69) is 10.7 Å². The van der Waals surface area contributed by atoms with Crippen LogP contribution >= 0.6 is 0 Å². The summed E-state index contributed by atoms with van der Waals surface area (Å²) < 4.78 is 4.99. The van der Waals surface area contributed by atoms with Crippen molar-refractivity contribution in [2.24, 2.45) is 5.73 Å². The molecule has 3 N–H and O–H groups in total. The summed E-state index contributed by atoms with van der Waals surface area (Å²) in [5.41, 5.74) is 4.50. The lowest BCUT2D eigenvalue weighted by Crippen LogP contribution is -2.02. The maximum absolute atomic E-state index is 8.37. The molecule has 0 atom stereocenters. The molecule has 12 heavy (non-hydrogen) atoms. The van der Waals surface area contributed by atoms with Crippen LogP contribution in [0.4, 0.5) is 0 Å². The zero-order chi connectivity index (χ0) is 9.23. The second-order valence-electron chi connectivity index (χ2n) is 1.74. The summed E-state index contributed by atoms with van der Waals surface area (Å²) in [4.78, 5) is 3.88. The Morgan fingerprint density at radius 2 is 2.25 bits per heavy atom. The SMILES string of the molecule is CN.OCCOc1ccccn1. The molecule has 0 aliphatic heterocycles. The Kier molecular flexibility index (Phi) is 7.22. The quantitative estimate of drug-likeness (QED) is 0.671. The van der Waals surface area contributed by atoms with Gasteiger partial charge in [-0.05, 0) is 13.1 Å². The number of nitrogens with zero attached hydrogens (tertiary/aromatic N) is 1. The van der Waals surface area contributed by atoms with E-state index in [1.54, 1.807) is 12.3 Å². The third-order valence-electron chi connectivity index (χ3n) is 0.979. The fraction of sp³-hybridized carbons (Fsp3) is 0.375. The van der Waals surface area contributed by atoms with E-state index in [0.717, 1.165) is 0 Å². The minimum absolute atomic E-state index is 0.0244. The van der Waals surface area contributed by atoms with E-state index >= 15 is 0 Å². The lowest BCUT2D eigenvalue weighted by Gasteiger charge is -1.99. The van der Waals surface area contributed by atoms with Gasteiger partial charge in [0.15, 0.2) is 0 Å². The van der Waals surface area contributed by atoms with Crippen LogP contribution in [0.15, 0.2) is 24.4 Å². The molecule has 68 valence electrons. The van der Waals surface area contributed by atoms with E-state index in [4.69, 9.17) is 9.84 Å². The van der Waals surface area contributed by atoms with Gasteiger partial charge in [-0.1, -0.05) is 6.07 Å². The van der Waals surface area contributed by atoms with Crippen molar-refractivity contribution >= 4 is 0 Å². The standard InChI is InChI=1S/C7H9NO2.CH5N/c9-5-6-10-7-3-1-2-4-8-7;1-2/h1-4,9H,5-6H2;2H2,1H3. The van der Waals surface area contributed by atoms with Gasteiger partial charge in [0.2, 0.25) is 5.88 Å². The summed E-state index contributed by atoms with van der Waals surface area (Å²) in [5, 5.41) is 8.37. The normalized spacial score (nSPS) is 8.25. The predicted molar refractivity (Wildman–Crippen MR) is 46.9 cm³/mol. The van der Waals surface area contributed by atoms with Gasteiger partial charge < -0.3 is 15.6 Å². The largest absolute Gasteiger partial charge is 0.475 e. The van der Waals surface area contributed by atoms with Gasteiger partial charge in [0.05, 0.1) is 6.61 Å². The van der Waals surface area contributed by atoms with Gasteiger partial charge in [-0.3, -0.25) is 0 Å². The summed E-state index contributed by atoms with van der Waals surface area (Å²) in [7, 11) is 1.50. The Balaban J connectivity index is 0.000000561. The van der Waals surface area contributed by atoms with Gasteiger partial charge in [0.1, 0.15) is 6.61 Å². The molecule has 0 bridgehead atoms. The summed E-state index contributed by atoms with van der Waals surface area (Å²) in [5.74, 6) is 0.552. The van der Waals surface area contributed by atoms with Crippen molar-refractivity contribution in [2.75, 3.05) is 20.3 Å². The molecule has 0 aliphatic carbocycles. The Bertz CT molecular complexity index is 180. The fourth-order valence-corrected chi connectivity index (χ4v) is 0.583. The first-order valence-corrected chi connectivity index (χ1v) is 3.66. The number of rotatable bonds is 3. The number of pyridine rings is 1. The smallest absolute Gasteiger partial charge is 0.213 e. The summed E-state index contributed by atoms with van der Waals surface area (Å²) >= 11 is 0. The predicted octanol–water partition coefficient (Wildman–Crippen LogP) is 0.0276.